The number of nitrogens with one attached hydrogen (secondary N) is 2. The quantitative estimate of drug-likeness (QED) is 0.0733. The second-order valence-electron chi connectivity index (χ2n) is 18.5. The number of aromatic amines is 1. The van der Waals surface area contributed by atoms with E-state index in [2.05, 4.69) is 65.8 Å². The van der Waals surface area contributed by atoms with Crippen LogP contribution in [0.2, 0.25) is 10.6 Å². The molecule has 2 N–H and O–H groups in total. The topological polar surface area (TPSA) is 215 Å². The number of hydrogen-bond acceptors (Lipinski definition) is 13. The van der Waals surface area contributed by atoms with Crippen molar-refractivity contribution in [1.82, 2.24) is 33.7 Å². The lowest BCUT2D eigenvalue weighted by Gasteiger charge is -2.39. The fraction of sp³-hybridized carbons (Fsp3) is 0.383. The summed E-state index contributed by atoms with van der Waals surface area (Å²) in [4.78, 5) is 38.9. The van der Waals surface area contributed by atoms with Gasteiger partial charge in [-0.1, -0.05) is 43.2 Å². The van der Waals surface area contributed by atoms with Crippen molar-refractivity contribution in [3.63, 3.8) is 0 Å². The third-order valence-electron chi connectivity index (χ3n) is 13.1. The summed E-state index contributed by atoms with van der Waals surface area (Å²) in [6, 6.07) is 20.1. The number of aromatic nitrogens is 4. The van der Waals surface area contributed by atoms with Crippen LogP contribution in [0.5, 0.6) is 5.75 Å². The van der Waals surface area contributed by atoms with Gasteiger partial charge in [0.2, 0.25) is 10.0 Å². The average Bonchev–Trinajstić information content (AvgIpc) is 3.90. The fourth-order valence-electron chi connectivity index (χ4n) is 9.26. The molecule has 5 heterocycles. The van der Waals surface area contributed by atoms with E-state index >= 15 is 0 Å². The van der Waals surface area contributed by atoms with E-state index in [1.54, 1.807) is 29.2 Å². The number of amides is 1. The molecule has 361 valence electrons. The van der Waals surface area contributed by atoms with E-state index in [1.165, 1.54) is 21.0 Å². The number of ether oxygens (including phenoxy) is 2. The van der Waals surface area contributed by atoms with Gasteiger partial charge in [-0.25, -0.2) is 31.5 Å². The van der Waals surface area contributed by atoms with Gasteiger partial charge in [-0.2, -0.15) is 4.31 Å². The van der Waals surface area contributed by atoms with Gasteiger partial charge in [-0.05, 0) is 96.0 Å². The molecule has 1 amide bonds. The number of benzene rings is 3. The largest absolute Gasteiger partial charge is 0.484 e. The molecule has 2 aliphatic heterocycles. The number of allylic oxidation sites excluding steroid dienone is 1. The predicted molar refractivity (Wildman–Crippen MR) is 264 cm³/mol. The van der Waals surface area contributed by atoms with Gasteiger partial charge in [0, 0.05) is 90.6 Å². The number of fused-ring (bicyclic) bond motifs is 2. The van der Waals surface area contributed by atoms with Crippen LogP contribution >= 0.6 is 11.6 Å². The Morgan fingerprint density at radius 1 is 1.03 bits per heavy atom. The Hall–Kier alpha value is -5.68. The number of carbonyl (C=O) groups excluding carboxylic acids is 1. The summed E-state index contributed by atoms with van der Waals surface area (Å²) < 4.78 is 68.8. The minimum Gasteiger partial charge on any atom is -0.484 e. The van der Waals surface area contributed by atoms with Crippen LogP contribution in [0.1, 0.15) is 49.0 Å². The van der Waals surface area contributed by atoms with Gasteiger partial charge >= 0.3 is 5.69 Å². The lowest BCUT2D eigenvalue weighted by atomic mass is 9.72. The van der Waals surface area contributed by atoms with Crippen LogP contribution in [0.25, 0.3) is 33.3 Å². The molecule has 2 fully saturated rings. The molecule has 69 heavy (non-hydrogen) atoms. The smallest absolute Gasteiger partial charge is 0.312 e. The molecule has 3 aliphatic rings. The third kappa shape index (κ3) is 10.6. The predicted octanol–water partition coefficient (Wildman–Crippen LogP) is 6.36. The minimum atomic E-state index is -4.70. The summed E-state index contributed by atoms with van der Waals surface area (Å²) in [5.41, 5.74) is 6.01. The van der Waals surface area contributed by atoms with E-state index < -0.39 is 53.1 Å². The van der Waals surface area contributed by atoms with E-state index in [1.807, 2.05) is 30.3 Å². The number of hydrogen-bond donors (Lipinski definition) is 2. The van der Waals surface area contributed by atoms with Crippen molar-refractivity contribution in [2.45, 2.75) is 49.7 Å². The van der Waals surface area contributed by atoms with Gasteiger partial charge in [0.05, 0.1) is 45.6 Å². The number of nitrogens with zero attached hydrogens (tertiary/aromatic N) is 7. The van der Waals surface area contributed by atoms with Crippen LogP contribution < -0.4 is 14.4 Å². The zero-order valence-electron chi connectivity index (χ0n) is 38.2. The third-order valence-corrected chi connectivity index (χ3v) is 16.5. The van der Waals surface area contributed by atoms with Gasteiger partial charge in [0.15, 0.2) is 11.4 Å². The summed E-state index contributed by atoms with van der Waals surface area (Å²) in [6.07, 6.45) is 6.88. The Bertz CT molecular complexity index is 3210. The first-order valence-corrected chi connectivity index (χ1v) is 26.8. The summed E-state index contributed by atoms with van der Waals surface area (Å²) in [7, 11) is -4.69. The van der Waals surface area contributed by atoms with E-state index in [0.29, 0.717) is 40.5 Å². The van der Waals surface area contributed by atoms with Crippen LogP contribution in [-0.4, -0.2) is 138 Å². The molecule has 2 saturated heterocycles. The van der Waals surface area contributed by atoms with Crippen molar-refractivity contribution in [1.29, 1.82) is 0 Å². The Morgan fingerprint density at radius 2 is 1.80 bits per heavy atom. The van der Waals surface area contributed by atoms with Crippen molar-refractivity contribution in [2.75, 3.05) is 70.2 Å². The van der Waals surface area contributed by atoms with E-state index in [-0.39, 0.29) is 43.0 Å². The maximum Gasteiger partial charge on any atom is 0.312 e. The summed E-state index contributed by atoms with van der Waals surface area (Å²) in [5, 5.41) is 17.0. The normalized spacial score (nSPS) is 19.8. The number of halogens is 1. The molecule has 1 unspecified atom stereocenters. The van der Waals surface area contributed by atoms with Crippen molar-refractivity contribution in [3.05, 3.63) is 117 Å². The molecular weight excluding hydrogens is 962 g/mol. The molecule has 6 aromatic rings. The lowest BCUT2D eigenvalue weighted by molar-refractivity contribution is -0.386. The second-order valence-corrected chi connectivity index (χ2v) is 23.4. The van der Waals surface area contributed by atoms with Gasteiger partial charge in [-0.15, -0.1) is 0 Å². The van der Waals surface area contributed by atoms with Crippen molar-refractivity contribution >= 4 is 86.8 Å². The van der Waals surface area contributed by atoms with Gasteiger partial charge in [0.25, 0.3) is 15.9 Å². The number of pyridine rings is 1. The number of nitro groups is 1. The van der Waals surface area contributed by atoms with E-state index in [9.17, 15) is 31.7 Å². The highest BCUT2D eigenvalue weighted by Gasteiger charge is 2.33. The number of rotatable bonds is 13. The molecule has 0 bridgehead atoms. The number of H-pyrrole nitrogens is 1. The number of sulfonamides is 2. The zero-order valence-corrected chi connectivity index (χ0v) is 41.6. The summed E-state index contributed by atoms with van der Waals surface area (Å²) >= 11 is 6.26. The molecule has 22 heteroatoms. The maximum absolute atomic E-state index is 14.3. The summed E-state index contributed by atoms with van der Waals surface area (Å²) in [5.74, 6) is -1.22. The summed E-state index contributed by atoms with van der Waals surface area (Å²) in [6.45, 7) is 8.59. The Labute approximate surface area is 408 Å². The van der Waals surface area contributed by atoms with E-state index in [0.717, 1.165) is 74.4 Å². The van der Waals surface area contributed by atoms with Crippen LogP contribution in [0.4, 0.5) is 11.4 Å². The average molecular weight is 1010 g/mol. The number of nitro benzene ring substituents is 1. The van der Waals surface area contributed by atoms with Gasteiger partial charge in [0.1, 0.15) is 12.1 Å². The number of anilines is 1. The molecule has 3 aromatic heterocycles. The van der Waals surface area contributed by atoms with Crippen molar-refractivity contribution in [2.24, 2.45) is 5.41 Å². The maximum atomic E-state index is 14.3. The minimum absolute atomic E-state index is 0.00812. The van der Waals surface area contributed by atoms with Crippen LogP contribution in [0.15, 0.2) is 95.7 Å². The number of piperazine rings is 1. The highest BCUT2D eigenvalue weighted by molar-refractivity contribution is 7.90. The first kappa shape index (κ1) is 48.3. The number of carbonyl (C=O) groups is 1. The zero-order chi connectivity index (χ0) is 48.8. The molecule has 3 aromatic carbocycles. The Kier molecular flexibility index (Phi) is 13.5. The lowest BCUT2D eigenvalue weighted by Crippen LogP contribution is -2.47. The van der Waals surface area contributed by atoms with Crippen molar-refractivity contribution < 1.29 is 36.0 Å². The molecule has 18 nitrogen and oxygen atoms in total. The van der Waals surface area contributed by atoms with Crippen LogP contribution in [0, 0.1) is 15.5 Å². The SMILES string of the molecule is CC1(C)CCC(CN2CCN(c3ccc(C(=O)NS(=O)(=O)c4ccc(OC[C@H]5OCCN(S(C)(=O)=O)CC5[Si])c([N+](=O)[O-])c4)c(-n4[nH]cc5nc6nccc6cc54)c3)CC2)=C(c2ccc(Cl)cc2)C1. The molecule has 0 saturated carbocycles. The van der Waals surface area contributed by atoms with E-state index in [4.69, 9.17) is 21.1 Å². The first-order chi connectivity index (χ1) is 32.8. The first-order valence-electron chi connectivity index (χ1n) is 22.5. The molecule has 0 spiro atoms. The van der Waals surface area contributed by atoms with Crippen LogP contribution in [-0.2, 0) is 24.8 Å². The van der Waals surface area contributed by atoms with Crippen LogP contribution in [0.3, 0.4) is 0 Å². The van der Waals surface area contributed by atoms with Gasteiger partial charge in [-0.3, -0.25) is 29.6 Å². The molecule has 1 aliphatic carbocycles. The van der Waals surface area contributed by atoms with Crippen molar-refractivity contribution in [3.8, 4) is 11.4 Å². The molecule has 9 rings (SSSR count). The monoisotopic (exact) mass is 1010 g/mol. The molecule has 3 radical (unpaired) electrons. The molecular formula is C47H51ClN9O9S2Si. The highest BCUT2D eigenvalue weighted by Crippen LogP contribution is 2.43. The second kappa shape index (κ2) is 19.3. The van der Waals surface area contributed by atoms with Gasteiger partial charge < -0.3 is 14.4 Å². The Balaban J connectivity index is 0.955. The highest BCUT2D eigenvalue weighted by atomic mass is 35.5. The molecule has 2 atom stereocenters. The standard InChI is InChI=1S/C47H51ClN9O9S2Si/c1-47(2)14-12-32(37(25-47)30-4-6-33(48)7-5-30)27-53-16-18-54(19-17-53)34-8-10-36(39(23-34)56-40-22-31-13-15-49-45(31)51-38(40)26-50-56)46(58)52-68(63,64)35-9-11-42(41(24-35)57(59)60)66-29-43-44(69)28-55(20-21-65-43)67(3,61)62/h4-11,13,15,22-24,26,43-44,50H,12,14,16-21,25,27-29H2,1-3H3,(H,52,58)/t43-,44?/m1/s1. The Morgan fingerprint density at radius 3 is 2.54 bits per heavy atom. The fourth-order valence-corrected chi connectivity index (χ4v) is 11.8.